The highest BCUT2D eigenvalue weighted by atomic mass is 127. The number of alkyl halides is 1. The number of ether oxygens (including phenoxy) is 1. The number of benzene rings is 1. The minimum Gasteiger partial charge on any atom is -0.369 e. The van der Waals surface area contributed by atoms with Crippen molar-refractivity contribution in [1.29, 1.82) is 0 Å². The molecule has 0 aliphatic heterocycles. The van der Waals surface area contributed by atoms with Crippen molar-refractivity contribution in [2.24, 2.45) is 11.8 Å². The second-order valence-electron chi connectivity index (χ2n) is 5.84. The molecule has 1 aliphatic rings. The molecule has 3 heteroatoms. The van der Waals surface area contributed by atoms with E-state index in [0.29, 0.717) is 6.10 Å². The summed E-state index contributed by atoms with van der Waals surface area (Å²) in [6, 6.07) is 8.42. The first kappa shape index (κ1) is 15.8. The highest BCUT2D eigenvalue weighted by Gasteiger charge is 2.27. The molecule has 1 aromatic carbocycles. The zero-order chi connectivity index (χ0) is 13.8. The Hall–Kier alpha value is 0.390. The molecule has 0 spiro atoms. The van der Waals surface area contributed by atoms with E-state index in [-0.39, 0.29) is 6.10 Å². The molecule has 106 valence electrons. The molecule has 0 amide bonds. The molecule has 3 atom stereocenters. The molecule has 1 saturated carbocycles. The van der Waals surface area contributed by atoms with Crippen molar-refractivity contribution in [2.45, 2.75) is 45.3 Å². The third-order valence-electron chi connectivity index (χ3n) is 3.88. The van der Waals surface area contributed by atoms with E-state index in [0.717, 1.165) is 20.7 Å². The Kier molecular flexibility index (Phi) is 6.15. The van der Waals surface area contributed by atoms with Crippen molar-refractivity contribution in [3.63, 3.8) is 0 Å². The molecule has 0 saturated heterocycles. The average molecular weight is 437 g/mol. The first-order chi connectivity index (χ1) is 9.10. The van der Waals surface area contributed by atoms with Gasteiger partial charge in [0.15, 0.2) is 0 Å². The summed E-state index contributed by atoms with van der Waals surface area (Å²) in [6.07, 6.45) is 4.40. The molecular formula is C16H22BrIO. The summed E-state index contributed by atoms with van der Waals surface area (Å²) in [5.41, 5.74) is 1.28. The topological polar surface area (TPSA) is 9.23 Å². The van der Waals surface area contributed by atoms with Gasteiger partial charge in [0.2, 0.25) is 0 Å². The molecule has 0 heterocycles. The van der Waals surface area contributed by atoms with Crippen LogP contribution in [0, 0.1) is 11.8 Å². The Labute approximate surface area is 138 Å². The van der Waals surface area contributed by atoms with Crippen LogP contribution >= 0.6 is 38.5 Å². The van der Waals surface area contributed by atoms with Crippen molar-refractivity contribution >= 4 is 38.5 Å². The van der Waals surface area contributed by atoms with Crippen molar-refractivity contribution in [3.05, 3.63) is 34.3 Å². The molecule has 0 radical (unpaired) electrons. The van der Waals surface area contributed by atoms with Crippen LogP contribution < -0.4 is 0 Å². The highest BCUT2D eigenvalue weighted by Crippen LogP contribution is 2.35. The summed E-state index contributed by atoms with van der Waals surface area (Å²) in [6.45, 7) is 4.70. The van der Waals surface area contributed by atoms with Gasteiger partial charge in [-0.3, -0.25) is 0 Å². The fourth-order valence-corrected chi connectivity index (χ4v) is 4.37. The number of hydrogen-bond acceptors (Lipinski definition) is 1. The molecule has 1 aliphatic carbocycles. The first-order valence-electron chi connectivity index (χ1n) is 7.06. The minimum absolute atomic E-state index is 0.207. The van der Waals surface area contributed by atoms with Gasteiger partial charge in [0, 0.05) is 8.90 Å². The van der Waals surface area contributed by atoms with Crippen LogP contribution in [0.5, 0.6) is 0 Å². The lowest BCUT2D eigenvalue weighted by Gasteiger charge is -2.34. The van der Waals surface area contributed by atoms with Gasteiger partial charge < -0.3 is 4.74 Å². The Morgan fingerprint density at radius 1 is 1.21 bits per heavy atom. The lowest BCUT2D eigenvalue weighted by Crippen LogP contribution is -2.28. The Morgan fingerprint density at radius 3 is 2.42 bits per heavy atom. The van der Waals surface area contributed by atoms with E-state index in [1.165, 1.54) is 24.8 Å². The zero-order valence-electron chi connectivity index (χ0n) is 11.6. The van der Waals surface area contributed by atoms with E-state index in [2.05, 4.69) is 76.6 Å². The lowest BCUT2D eigenvalue weighted by atomic mass is 9.81. The molecule has 1 fully saturated rings. The fourth-order valence-electron chi connectivity index (χ4n) is 3.15. The summed E-state index contributed by atoms with van der Waals surface area (Å²) >= 11 is 6.07. The first-order valence-corrected chi connectivity index (χ1v) is 9.37. The van der Waals surface area contributed by atoms with Crippen LogP contribution in [0.1, 0.15) is 44.8 Å². The zero-order valence-corrected chi connectivity index (χ0v) is 15.4. The summed E-state index contributed by atoms with van der Waals surface area (Å²) in [5, 5.41) is 0. The summed E-state index contributed by atoms with van der Waals surface area (Å²) in [4.78, 5) is 0. The van der Waals surface area contributed by atoms with Crippen LogP contribution in [0.25, 0.3) is 0 Å². The molecule has 2 rings (SSSR count). The van der Waals surface area contributed by atoms with Gasteiger partial charge in [-0.2, -0.15) is 0 Å². The largest absolute Gasteiger partial charge is 0.369 e. The predicted octanol–water partition coefficient (Wildman–Crippen LogP) is 5.77. The molecule has 3 unspecified atom stereocenters. The van der Waals surface area contributed by atoms with Crippen LogP contribution in [-0.2, 0) is 4.74 Å². The highest BCUT2D eigenvalue weighted by molar-refractivity contribution is 14.1. The van der Waals surface area contributed by atoms with Crippen LogP contribution in [0.4, 0.5) is 0 Å². The van der Waals surface area contributed by atoms with E-state index in [4.69, 9.17) is 4.74 Å². The van der Waals surface area contributed by atoms with Gasteiger partial charge in [-0.1, -0.05) is 70.6 Å². The predicted molar refractivity (Wildman–Crippen MR) is 92.8 cm³/mol. The molecule has 1 nitrogen and oxygen atoms in total. The lowest BCUT2D eigenvalue weighted by molar-refractivity contribution is -0.0396. The van der Waals surface area contributed by atoms with Gasteiger partial charge >= 0.3 is 0 Å². The normalized spacial score (nSPS) is 29.2. The standard InChI is InChI=1S/C16H22BrIO/c1-11-7-12(2)9-13(8-11)19-16(10-18)14-5-3-4-6-15(14)17/h3-6,11-13,16H,7-10H2,1-2H3. The monoisotopic (exact) mass is 436 g/mol. The maximum Gasteiger partial charge on any atom is 0.0928 e. The quantitative estimate of drug-likeness (QED) is 0.430. The van der Waals surface area contributed by atoms with Gasteiger partial charge in [0.25, 0.3) is 0 Å². The molecule has 1 aromatic rings. The van der Waals surface area contributed by atoms with Gasteiger partial charge in [0.05, 0.1) is 12.2 Å². The van der Waals surface area contributed by atoms with E-state index < -0.39 is 0 Å². The van der Waals surface area contributed by atoms with E-state index >= 15 is 0 Å². The Balaban J connectivity index is 2.05. The van der Waals surface area contributed by atoms with Crippen LogP contribution in [0.2, 0.25) is 0 Å². The molecular weight excluding hydrogens is 415 g/mol. The van der Waals surface area contributed by atoms with Crippen LogP contribution in [-0.4, -0.2) is 10.5 Å². The smallest absolute Gasteiger partial charge is 0.0928 e. The van der Waals surface area contributed by atoms with E-state index in [9.17, 15) is 0 Å². The van der Waals surface area contributed by atoms with Crippen molar-refractivity contribution in [3.8, 4) is 0 Å². The Morgan fingerprint density at radius 2 is 1.84 bits per heavy atom. The van der Waals surface area contributed by atoms with Crippen molar-refractivity contribution in [1.82, 2.24) is 0 Å². The van der Waals surface area contributed by atoms with Gasteiger partial charge in [0.1, 0.15) is 0 Å². The number of halogens is 2. The molecule has 0 aromatic heterocycles. The van der Waals surface area contributed by atoms with E-state index in [1.807, 2.05) is 0 Å². The third kappa shape index (κ3) is 4.43. The third-order valence-corrected chi connectivity index (χ3v) is 5.41. The van der Waals surface area contributed by atoms with Crippen LogP contribution in [0.15, 0.2) is 28.7 Å². The second-order valence-corrected chi connectivity index (χ2v) is 7.58. The maximum atomic E-state index is 6.41. The molecule has 0 N–H and O–H groups in total. The Bertz CT molecular complexity index is 399. The second kappa shape index (κ2) is 7.41. The van der Waals surface area contributed by atoms with Crippen molar-refractivity contribution in [2.75, 3.05) is 4.43 Å². The summed E-state index contributed by atoms with van der Waals surface area (Å²) < 4.78 is 8.57. The number of rotatable bonds is 4. The average Bonchev–Trinajstić information content (AvgIpc) is 2.36. The van der Waals surface area contributed by atoms with Crippen molar-refractivity contribution < 1.29 is 4.74 Å². The van der Waals surface area contributed by atoms with Gasteiger partial charge in [-0.05, 0) is 42.7 Å². The van der Waals surface area contributed by atoms with Crippen LogP contribution in [0.3, 0.4) is 0 Å². The fraction of sp³-hybridized carbons (Fsp3) is 0.625. The maximum absolute atomic E-state index is 6.41. The summed E-state index contributed by atoms with van der Waals surface area (Å²) in [7, 11) is 0. The molecule has 0 bridgehead atoms. The number of hydrogen-bond donors (Lipinski definition) is 0. The van der Waals surface area contributed by atoms with Gasteiger partial charge in [-0.15, -0.1) is 0 Å². The molecule has 19 heavy (non-hydrogen) atoms. The van der Waals surface area contributed by atoms with Gasteiger partial charge in [-0.25, -0.2) is 0 Å². The SMILES string of the molecule is CC1CC(C)CC(OC(CI)c2ccccc2Br)C1. The minimum atomic E-state index is 0.207. The van der Waals surface area contributed by atoms with E-state index in [1.54, 1.807) is 0 Å². The summed E-state index contributed by atoms with van der Waals surface area (Å²) in [5.74, 6) is 1.59.